The molecule has 9 nitrogen and oxygen atoms in total. The van der Waals surface area contributed by atoms with Crippen LogP contribution in [-0.2, 0) is 13.1 Å². The molecular weight excluding hydrogens is 346 g/mol. The summed E-state index contributed by atoms with van der Waals surface area (Å²) in [5.41, 5.74) is 2.87. The van der Waals surface area contributed by atoms with Gasteiger partial charge in [0.2, 0.25) is 6.79 Å². The predicted octanol–water partition coefficient (Wildman–Crippen LogP) is -0.125. The zero-order chi connectivity index (χ0) is 18.2. The third kappa shape index (κ3) is 2.93. The highest BCUT2D eigenvalue weighted by Gasteiger charge is 2.25. The van der Waals surface area contributed by atoms with Crippen LogP contribution in [0.1, 0.15) is 12.5 Å². The Kier molecular flexibility index (Phi) is 4.01. The van der Waals surface area contributed by atoms with E-state index in [0.29, 0.717) is 6.79 Å². The number of aryl methyl sites for hydroxylation is 1. The van der Waals surface area contributed by atoms with Crippen LogP contribution < -0.4 is 19.3 Å². The second kappa shape index (κ2) is 6.66. The first kappa shape index (κ1) is 16.2. The minimum atomic E-state index is 0.320. The number of piperazine rings is 1. The number of nitrogens with zero attached hydrogens (tertiary/aromatic N) is 6. The molecule has 0 unspecified atom stereocenters. The van der Waals surface area contributed by atoms with Crippen LogP contribution in [0.4, 0.5) is 5.82 Å². The molecule has 1 fully saturated rings. The highest BCUT2D eigenvalue weighted by molar-refractivity contribution is 5.82. The molecule has 4 heterocycles. The van der Waals surface area contributed by atoms with Crippen molar-refractivity contribution in [1.29, 1.82) is 0 Å². The van der Waals surface area contributed by atoms with Crippen molar-refractivity contribution in [3.05, 3.63) is 30.1 Å². The van der Waals surface area contributed by atoms with Gasteiger partial charge in [0.25, 0.3) is 0 Å². The Labute approximate surface area is 156 Å². The van der Waals surface area contributed by atoms with E-state index in [-0.39, 0.29) is 0 Å². The fraction of sp³-hybridized carbons (Fsp3) is 0.444. The lowest BCUT2D eigenvalue weighted by molar-refractivity contribution is -0.914. The van der Waals surface area contributed by atoms with E-state index in [1.54, 1.807) is 11.2 Å². The number of fused-ring (bicyclic) bond motifs is 2. The summed E-state index contributed by atoms with van der Waals surface area (Å²) in [7, 11) is 0. The number of nitrogens with one attached hydrogen (secondary N) is 1. The number of rotatable bonds is 4. The third-order valence-corrected chi connectivity index (χ3v) is 5.24. The Hall–Kier alpha value is -2.94. The number of benzene rings is 1. The van der Waals surface area contributed by atoms with E-state index in [1.807, 2.05) is 17.7 Å². The zero-order valence-corrected chi connectivity index (χ0v) is 15.3. The predicted molar refractivity (Wildman–Crippen MR) is 98.0 cm³/mol. The van der Waals surface area contributed by atoms with Gasteiger partial charge in [0.1, 0.15) is 12.9 Å². The quantitative estimate of drug-likeness (QED) is 0.687. The highest BCUT2D eigenvalue weighted by Crippen LogP contribution is 2.32. The molecule has 2 aliphatic heterocycles. The summed E-state index contributed by atoms with van der Waals surface area (Å²) in [6.07, 6.45) is 1.61. The maximum Gasteiger partial charge on any atom is 0.231 e. The molecular formula is C18H22N7O2+. The van der Waals surface area contributed by atoms with Crippen molar-refractivity contribution in [3.63, 3.8) is 0 Å². The third-order valence-electron chi connectivity index (χ3n) is 5.24. The van der Waals surface area contributed by atoms with Gasteiger partial charge in [-0.25, -0.2) is 14.6 Å². The molecule has 0 radical (unpaired) electrons. The van der Waals surface area contributed by atoms with Crippen molar-refractivity contribution >= 4 is 17.0 Å². The summed E-state index contributed by atoms with van der Waals surface area (Å²) in [6, 6.07) is 6.23. The Morgan fingerprint density at radius 3 is 2.81 bits per heavy atom. The van der Waals surface area contributed by atoms with E-state index in [4.69, 9.17) is 9.47 Å². The molecule has 1 N–H and O–H groups in total. The van der Waals surface area contributed by atoms with Gasteiger partial charge in [-0.3, -0.25) is 0 Å². The molecule has 9 heteroatoms. The van der Waals surface area contributed by atoms with Crippen molar-refractivity contribution < 1.29 is 14.4 Å². The average molecular weight is 368 g/mol. The molecule has 3 aromatic rings. The molecule has 0 spiro atoms. The van der Waals surface area contributed by atoms with Crippen molar-refractivity contribution in [2.24, 2.45) is 0 Å². The maximum atomic E-state index is 5.49. The molecule has 0 aliphatic carbocycles. The second-order valence-electron chi connectivity index (χ2n) is 6.88. The standard InChI is InChI=1S/C18H21N7O2/c1-2-25-18-16(21-22-25)17(19-11-20-18)24-7-5-23(6-8-24)10-13-3-4-14-15(9-13)27-12-26-14/h3-4,9,11H,2,5-8,10,12H2,1H3/p+1. The van der Waals surface area contributed by atoms with Gasteiger partial charge in [-0.2, -0.15) is 0 Å². The first-order valence-electron chi connectivity index (χ1n) is 9.33. The average Bonchev–Trinajstić information content (AvgIpc) is 3.34. The summed E-state index contributed by atoms with van der Waals surface area (Å²) in [6.45, 7) is 8.05. The van der Waals surface area contributed by atoms with Crippen molar-refractivity contribution in [2.75, 3.05) is 37.9 Å². The van der Waals surface area contributed by atoms with Gasteiger partial charge in [0, 0.05) is 12.1 Å². The van der Waals surface area contributed by atoms with Gasteiger partial charge in [-0.05, 0) is 25.1 Å². The lowest BCUT2D eigenvalue weighted by Crippen LogP contribution is -3.13. The molecule has 27 heavy (non-hydrogen) atoms. The Morgan fingerprint density at radius 2 is 1.96 bits per heavy atom. The van der Waals surface area contributed by atoms with Crippen molar-refractivity contribution in [1.82, 2.24) is 25.0 Å². The minimum absolute atomic E-state index is 0.320. The first-order chi connectivity index (χ1) is 13.3. The van der Waals surface area contributed by atoms with Crippen LogP contribution in [0.2, 0.25) is 0 Å². The lowest BCUT2D eigenvalue weighted by Gasteiger charge is -2.32. The Balaban J connectivity index is 1.27. The van der Waals surface area contributed by atoms with Crippen LogP contribution in [-0.4, -0.2) is 57.9 Å². The number of quaternary nitrogens is 1. The Morgan fingerprint density at radius 1 is 1.11 bits per heavy atom. The first-order valence-corrected chi connectivity index (χ1v) is 9.33. The smallest absolute Gasteiger partial charge is 0.231 e. The van der Waals surface area contributed by atoms with Crippen LogP contribution in [0.15, 0.2) is 24.5 Å². The van der Waals surface area contributed by atoms with Gasteiger partial charge >= 0.3 is 0 Å². The number of hydrogen-bond acceptors (Lipinski definition) is 7. The van der Waals surface area contributed by atoms with Crippen LogP contribution in [0.3, 0.4) is 0 Å². The van der Waals surface area contributed by atoms with Crippen LogP contribution in [0, 0.1) is 0 Å². The van der Waals surface area contributed by atoms with E-state index in [0.717, 1.165) is 67.7 Å². The van der Waals surface area contributed by atoms with E-state index >= 15 is 0 Å². The fourth-order valence-electron chi connectivity index (χ4n) is 3.78. The van der Waals surface area contributed by atoms with Gasteiger partial charge in [-0.1, -0.05) is 5.21 Å². The molecule has 5 rings (SSSR count). The maximum absolute atomic E-state index is 5.49. The normalized spacial score (nSPS) is 17.0. The summed E-state index contributed by atoms with van der Waals surface area (Å²) < 4.78 is 12.7. The minimum Gasteiger partial charge on any atom is -0.454 e. The van der Waals surface area contributed by atoms with E-state index < -0.39 is 0 Å². The van der Waals surface area contributed by atoms with Gasteiger partial charge in [0.05, 0.1) is 26.2 Å². The molecule has 0 bridgehead atoms. The largest absolute Gasteiger partial charge is 0.454 e. The molecule has 0 amide bonds. The van der Waals surface area contributed by atoms with Gasteiger partial charge < -0.3 is 19.3 Å². The van der Waals surface area contributed by atoms with Gasteiger partial charge in [-0.15, -0.1) is 5.10 Å². The monoisotopic (exact) mass is 368 g/mol. The van der Waals surface area contributed by atoms with Gasteiger partial charge in [0.15, 0.2) is 28.5 Å². The number of anilines is 1. The second-order valence-corrected chi connectivity index (χ2v) is 6.88. The molecule has 1 aromatic carbocycles. The Bertz CT molecular complexity index is 965. The van der Waals surface area contributed by atoms with E-state index in [1.165, 1.54) is 5.56 Å². The zero-order valence-electron chi connectivity index (χ0n) is 15.3. The summed E-state index contributed by atoms with van der Waals surface area (Å²) in [4.78, 5) is 12.7. The van der Waals surface area contributed by atoms with Crippen LogP contribution in [0.5, 0.6) is 11.5 Å². The van der Waals surface area contributed by atoms with Crippen molar-refractivity contribution in [2.45, 2.75) is 20.0 Å². The highest BCUT2D eigenvalue weighted by atomic mass is 16.7. The van der Waals surface area contributed by atoms with Crippen molar-refractivity contribution in [3.8, 4) is 11.5 Å². The molecule has 140 valence electrons. The lowest BCUT2D eigenvalue weighted by atomic mass is 10.1. The molecule has 1 saturated heterocycles. The fourth-order valence-corrected chi connectivity index (χ4v) is 3.78. The number of hydrogen-bond donors (Lipinski definition) is 1. The number of aromatic nitrogens is 5. The molecule has 2 aromatic heterocycles. The topological polar surface area (TPSA) is 82.6 Å². The summed E-state index contributed by atoms with van der Waals surface area (Å²) in [5.74, 6) is 2.58. The van der Waals surface area contributed by atoms with Crippen LogP contribution >= 0.6 is 0 Å². The van der Waals surface area contributed by atoms with E-state index in [9.17, 15) is 0 Å². The SMILES string of the molecule is CCn1nnc2c(N3CC[NH+](Cc4ccc5c(c4)OCO5)CC3)ncnc21. The van der Waals surface area contributed by atoms with Crippen LogP contribution in [0.25, 0.3) is 11.2 Å². The summed E-state index contributed by atoms with van der Waals surface area (Å²) in [5, 5.41) is 8.48. The molecule has 2 aliphatic rings. The molecule has 0 saturated carbocycles. The van der Waals surface area contributed by atoms with E-state index in [2.05, 4.69) is 37.3 Å². The summed E-state index contributed by atoms with van der Waals surface area (Å²) >= 11 is 0. The molecule has 0 atom stereocenters. The number of ether oxygens (including phenoxy) is 2.